The van der Waals surface area contributed by atoms with E-state index in [1.165, 1.54) is 18.4 Å². The van der Waals surface area contributed by atoms with Gasteiger partial charge in [0.1, 0.15) is 5.69 Å². The van der Waals surface area contributed by atoms with Gasteiger partial charge in [0.25, 0.3) is 5.91 Å². The van der Waals surface area contributed by atoms with Crippen molar-refractivity contribution in [3.63, 3.8) is 0 Å². The van der Waals surface area contributed by atoms with Gasteiger partial charge in [0.2, 0.25) is 0 Å². The number of nitrogens with zero attached hydrogens (tertiary/aromatic N) is 1. The Hall–Kier alpha value is -1.38. The molecule has 1 amide bonds. The molecule has 0 spiro atoms. The largest absolute Gasteiger partial charge is 0.349 e. The van der Waals surface area contributed by atoms with Crippen molar-refractivity contribution < 1.29 is 6.22 Å². The molecule has 0 bridgehead atoms. The first kappa shape index (κ1) is 13.1. The Labute approximate surface area is 110 Å². The summed E-state index contributed by atoms with van der Waals surface area (Å²) in [7, 11) is 0. The summed E-state index contributed by atoms with van der Waals surface area (Å²) in [4.78, 5) is 16.6. The van der Waals surface area contributed by atoms with Gasteiger partial charge in [0.05, 0.1) is 0 Å². The van der Waals surface area contributed by atoms with Gasteiger partial charge in [-0.05, 0) is 50.3 Å². The molecule has 100 valence electrons. The molecule has 1 fully saturated rings. The number of hydrogen-bond acceptors (Lipinski definition) is 2. The third kappa shape index (κ3) is 3.09. The first-order chi connectivity index (χ1) is 8.47. The normalized spacial score (nSPS) is 15.2. The zero-order valence-electron chi connectivity index (χ0n) is 11.7. The highest BCUT2D eigenvalue weighted by Crippen LogP contribution is 2.39. The van der Waals surface area contributed by atoms with E-state index in [2.05, 4.69) is 30.2 Å². The SMILES string of the molecule is CC(C)NC(=O)c1cc(C(C)C)cc(C2CC2)n1.[HH]. The van der Waals surface area contributed by atoms with E-state index in [4.69, 9.17) is 0 Å². The molecule has 3 heteroatoms. The lowest BCUT2D eigenvalue weighted by atomic mass is 10.0. The summed E-state index contributed by atoms with van der Waals surface area (Å²) in [6.07, 6.45) is 2.42. The third-order valence-electron chi connectivity index (χ3n) is 3.18. The molecule has 0 aliphatic heterocycles. The fraction of sp³-hybridized carbons (Fsp3) is 0.600. The van der Waals surface area contributed by atoms with Crippen molar-refractivity contribution in [3.05, 3.63) is 29.1 Å². The molecule has 1 aromatic heterocycles. The molecule has 18 heavy (non-hydrogen) atoms. The maximum absolute atomic E-state index is 12.1. The minimum atomic E-state index is -0.0607. The van der Waals surface area contributed by atoms with Crippen LogP contribution in [0, 0.1) is 0 Å². The molecule has 0 atom stereocenters. The molecule has 3 nitrogen and oxygen atoms in total. The number of amides is 1. The maximum atomic E-state index is 12.1. The Morgan fingerprint density at radius 1 is 1.33 bits per heavy atom. The predicted octanol–water partition coefficient (Wildman–Crippen LogP) is 3.47. The molecule has 2 rings (SSSR count). The summed E-state index contributed by atoms with van der Waals surface area (Å²) in [5.74, 6) is 0.944. The van der Waals surface area contributed by atoms with Crippen LogP contribution in [-0.4, -0.2) is 16.9 Å². The van der Waals surface area contributed by atoms with E-state index in [0.717, 1.165) is 5.69 Å². The van der Waals surface area contributed by atoms with E-state index in [0.29, 0.717) is 17.5 Å². The molecular formula is C15H24N2O. The van der Waals surface area contributed by atoms with Crippen LogP contribution in [0.15, 0.2) is 12.1 Å². The van der Waals surface area contributed by atoms with Crippen LogP contribution in [0.1, 0.15) is 75.5 Å². The molecule has 1 aromatic rings. The van der Waals surface area contributed by atoms with Crippen molar-refractivity contribution in [1.82, 2.24) is 10.3 Å². The Morgan fingerprint density at radius 3 is 2.50 bits per heavy atom. The molecule has 1 aliphatic rings. The molecular weight excluding hydrogens is 224 g/mol. The van der Waals surface area contributed by atoms with Crippen molar-refractivity contribution in [2.24, 2.45) is 0 Å². The van der Waals surface area contributed by atoms with Crippen molar-refractivity contribution in [2.75, 3.05) is 0 Å². The van der Waals surface area contributed by atoms with Gasteiger partial charge in [0.15, 0.2) is 0 Å². The minimum absolute atomic E-state index is 0. The van der Waals surface area contributed by atoms with Crippen LogP contribution in [0.2, 0.25) is 0 Å². The van der Waals surface area contributed by atoms with E-state index in [1.807, 2.05) is 19.9 Å². The first-order valence-electron chi connectivity index (χ1n) is 6.80. The van der Waals surface area contributed by atoms with Crippen molar-refractivity contribution in [3.8, 4) is 0 Å². The standard InChI is InChI=1S/C15H22N2O.H2/c1-9(2)12-7-13(11-5-6-11)17-14(8-12)15(18)16-10(3)4;/h7-11H,5-6H2,1-4H3,(H,16,18);1H. The van der Waals surface area contributed by atoms with Crippen LogP contribution in [0.3, 0.4) is 0 Å². The number of carbonyl (C=O) groups excluding carboxylic acids is 1. The van der Waals surface area contributed by atoms with Gasteiger partial charge in [-0.15, -0.1) is 0 Å². The molecule has 1 saturated carbocycles. The number of carbonyl (C=O) groups is 1. The molecule has 1 N–H and O–H groups in total. The Morgan fingerprint density at radius 2 is 2.00 bits per heavy atom. The molecule has 0 unspecified atom stereocenters. The van der Waals surface area contributed by atoms with Gasteiger partial charge in [0, 0.05) is 19.1 Å². The summed E-state index contributed by atoms with van der Waals surface area (Å²) < 4.78 is 0. The molecule has 0 saturated heterocycles. The average Bonchev–Trinajstić information content (AvgIpc) is 3.11. The van der Waals surface area contributed by atoms with Gasteiger partial charge in [-0.25, -0.2) is 4.98 Å². The molecule has 0 radical (unpaired) electrons. The van der Waals surface area contributed by atoms with Crippen molar-refractivity contribution >= 4 is 5.91 Å². The number of rotatable bonds is 4. The lowest BCUT2D eigenvalue weighted by molar-refractivity contribution is 0.0937. The van der Waals surface area contributed by atoms with Gasteiger partial charge < -0.3 is 5.32 Å². The minimum Gasteiger partial charge on any atom is -0.349 e. The third-order valence-corrected chi connectivity index (χ3v) is 3.18. The topological polar surface area (TPSA) is 42.0 Å². The summed E-state index contributed by atoms with van der Waals surface area (Å²) in [6, 6.07) is 4.23. The fourth-order valence-corrected chi connectivity index (χ4v) is 1.95. The number of nitrogens with one attached hydrogen (secondary N) is 1. The average molecular weight is 248 g/mol. The van der Waals surface area contributed by atoms with Crippen LogP contribution in [-0.2, 0) is 0 Å². The second-order valence-corrected chi connectivity index (χ2v) is 5.77. The molecule has 1 aliphatic carbocycles. The highest BCUT2D eigenvalue weighted by Gasteiger charge is 2.26. The van der Waals surface area contributed by atoms with Gasteiger partial charge >= 0.3 is 0 Å². The highest BCUT2D eigenvalue weighted by atomic mass is 16.1. The van der Waals surface area contributed by atoms with E-state index in [1.54, 1.807) is 0 Å². The van der Waals surface area contributed by atoms with Gasteiger partial charge in [-0.3, -0.25) is 4.79 Å². The van der Waals surface area contributed by atoms with Crippen LogP contribution in [0.25, 0.3) is 0 Å². The zero-order valence-corrected chi connectivity index (χ0v) is 11.7. The lowest BCUT2D eigenvalue weighted by Crippen LogP contribution is -2.31. The predicted molar refractivity (Wildman–Crippen MR) is 75.0 cm³/mol. The number of pyridine rings is 1. The van der Waals surface area contributed by atoms with Crippen LogP contribution in [0.5, 0.6) is 0 Å². The van der Waals surface area contributed by atoms with E-state index >= 15 is 0 Å². The first-order valence-corrected chi connectivity index (χ1v) is 6.80. The number of hydrogen-bond donors (Lipinski definition) is 1. The quantitative estimate of drug-likeness (QED) is 0.886. The Kier molecular flexibility index (Phi) is 3.69. The van der Waals surface area contributed by atoms with E-state index < -0.39 is 0 Å². The zero-order chi connectivity index (χ0) is 13.3. The Bertz CT molecular complexity index is 433. The molecule has 1 heterocycles. The van der Waals surface area contributed by atoms with Crippen LogP contribution < -0.4 is 5.32 Å². The van der Waals surface area contributed by atoms with E-state index in [-0.39, 0.29) is 13.4 Å². The molecule has 0 aromatic carbocycles. The second kappa shape index (κ2) is 5.09. The van der Waals surface area contributed by atoms with E-state index in [9.17, 15) is 4.79 Å². The van der Waals surface area contributed by atoms with Gasteiger partial charge in [-0.1, -0.05) is 13.8 Å². The summed E-state index contributed by atoms with van der Waals surface area (Å²) in [5.41, 5.74) is 2.87. The highest BCUT2D eigenvalue weighted by molar-refractivity contribution is 5.92. The second-order valence-electron chi connectivity index (χ2n) is 5.77. The smallest absolute Gasteiger partial charge is 0.270 e. The summed E-state index contributed by atoms with van der Waals surface area (Å²) in [6.45, 7) is 8.23. The summed E-state index contributed by atoms with van der Waals surface area (Å²) >= 11 is 0. The van der Waals surface area contributed by atoms with Crippen LogP contribution >= 0.6 is 0 Å². The maximum Gasteiger partial charge on any atom is 0.270 e. The summed E-state index contributed by atoms with van der Waals surface area (Å²) in [5, 5.41) is 2.91. The monoisotopic (exact) mass is 248 g/mol. The lowest BCUT2D eigenvalue weighted by Gasteiger charge is -2.12. The van der Waals surface area contributed by atoms with Crippen molar-refractivity contribution in [2.45, 2.75) is 58.4 Å². The fourth-order valence-electron chi connectivity index (χ4n) is 1.95. The van der Waals surface area contributed by atoms with Crippen molar-refractivity contribution in [1.29, 1.82) is 0 Å². The number of aromatic nitrogens is 1. The Balaban J connectivity index is 0.00000180. The van der Waals surface area contributed by atoms with Crippen LogP contribution in [0.4, 0.5) is 0 Å². The van der Waals surface area contributed by atoms with Gasteiger partial charge in [-0.2, -0.15) is 0 Å².